The van der Waals surface area contributed by atoms with E-state index in [2.05, 4.69) is 15.3 Å². The molecule has 2 heterocycles. The minimum Gasteiger partial charge on any atom is -0.480 e. The second kappa shape index (κ2) is 8.20. The molecule has 0 aliphatic rings. The maximum absolute atomic E-state index is 12.2. The maximum Gasteiger partial charge on any atom is 0.326 e. The van der Waals surface area contributed by atoms with E-state index >= 15 is 0 Å². The van der Waals surface area contributed by atoms with Gasteiger partial charge in [-0.15, -0.1) is 11.3 Å². The summed E-state index contributed by atoms with van der Waals surface area (Å²) in [6, 6.07) is 2.86. The average molecular weight is 361 g/mol. The van der Waals surface area contributed by atoms with Gasteiger partial charge in [-0.3, -0.25) is 9.78 Å². The molecule has 7 heteroatoms. The number of nitrogens with one attached hydrogen (secondary N) is 1. The number of carbonyl (C=O) groups excluding carboxylic acids is 1. The Hall–Kier alpha value is -2.28. The molecule has 0 aliphatic carbocycles. The molecular weight excluding hydrogens is 338 g/mol. The van der Waals surface area contributed by atoms with Crippen molar-refractivity contribution in [1.82, 2.24) is 15.3 Å². The zero-order valence-corrected chi connectivity index (χ0v) is 15.5. The average Bonchev–Trinajstić information content (AvgIpc) is 2.99. The van der Waals surface area contributed by atoms with E-state index in [1.807, 2.05) is 38.3 Å². The summed E-state index contributed by atoms with van der Waals surface area (Å²) in [5, 5.41) is 14.5. The van der Waals surface area contributed by atoms with Crippen molar-refractivity contribution in [2.75, 3.05) is 0 Å². The summed E-state index contributed by atoms with van der Waals surface area (Å²) >= 11 is 1.44. The van der Waals surface area contributed by atoms with Crippen LogP contribution < -0.4 is 5.32 Å². The largest absolute Gasteiger partial charge is 0.480 e. The monoisotopic (exact) mass is 361 g/mol. The molecule has 2 rings (SSSR count). The molecule has 6 nitrogen and oxygen atoms in total. The predicted molar refractivity (Wildman–Crippen MR) is 97.3 cm³/mol. The molecule has 0 bridgehead atoms. The Balaban J connectivity index is 1.94. The number of rotatable bonds is 7. The van der Waals surface area contributed by atoms with Gasteiger partial charge in [-0.05, 0) is 30.4 Å². The third kappa shape index (κ3) is 6.26. The summed E-state index contributed by atoms with van der Waals surface area (Å²) in [6.07, 6.45) is 4.59. The highest BCUT2D eigenvalue weighted by atomic mass is 32.1. The Bertz CT molecular complexity index is 723. The summed E-state index contributed by atoms with van der Waals surface area (Å²) in [7, 11) is 0. The van der Waals surface area contributed by atoms with E-state index in [1.54, 1.807) is 12.4 Å². The van der Waals surface area contributed by atoms with Crippen molar-refractivity contribution in [3.05, 3.63) is 35.6 Å². The number of aromatic nitrogens is 2. The molecule has 25 heavy (non-hydrogen) atoms. The lowest BCUT2D eigenvalue weighted by atomic mass is 9.88. The normalized spacial score (nSPS) is 12.6. The van der Waals surface area contributed by atoms with Gasteiger partial charge in [0.15, 0.2) is 0 Å². The van der Waals surface area contributed by atoms with Crippen LogP contribution >= 0.6 is 11.3 Å². The highest BCUT2D eigenvalue weighted by Crippen LogP contribution is 2.23. The minimum atomic E-state index is -1.01. The molecule has 1 unspecified atom stereocenters. The molecule has 0 aliphatic heterocycles. The number of thiazole rings is 1. The Morgan fingerprint density at radius 1 is 1.36 bits per heavy atom. The molecule has 1 atom stereocenters. The van der Waals surface area contributed by atoms with E-state index in [0.29, 0.717) is 18.5 Å². The maximum atomic E-state index is 12.2. The molecule has 0 saturated carbocycles. The Morgan fingerprint density at radius 3 is 2.72 bits per heavy atom. The lowest BCUT2D eigenvalue weighted by molar-refractivity contribution is -0.142. The van der Waals surface area contributed by atoms with Crippen LogP contribution in [0.5, 0.6) is 0 Å². The number of carbonyl (C=O) groups is 2. The minimum absolute atomic E-state index is 0.0198. The fraction of sp³-hybridized carbons (Fsp3) is 0.444. The number of nitrogens with zero attached hydrogens (tertiary/aromatic N) is 2. The van der Waals surface area contributed by atoms with Gasteiger partial charge in [0.2, 0.25) is 5.91 Å². The molecule has 2 aromatic rings. The summed E-state index contributed by atoms with van der Waals surface area (Å²) < 4.78 is 0. The third-order valence-electron chi connectivity index (χ3n) is 3.62. The molecule has 0 fully saturated rings. The van der Waals surface area contributed by atoms with Gasteiger partial charge in [0.05, 0.1) is 12.1 Å². The molecule has 2 aromatic heterocycles. The molecule has 0 aromatic carbocycles. The second-order valence-corrected chi connectivity index (χ2v) is 7.98. The predicted octanol–water partition coefficient (Wildman–Crippen LogP) is 3.14. The number of amides is 1. The van der Waals surface area contributed by atoms with E-state index in [4.69, 9.17) is 0 Å². The molecule has 0 radical (unpaired) electrons. The van der Waals surface area contributed by atoms with E-state index in [0.717, 1.165) is 10.6 Å². The molecule has 1 amide bonds. The first-order chi connectivity index (χ1) is 11.7. The van der Waals surface area contributed by atoms with Crippen LogP contribution in [-0.4, -0.2) is 33.0 Å². The van der Waals surface area contributed by atoms with Gasteiger partial charge in [0.1, 0.15) is 11.0 Å². The van der Waals surface area contributed by atoms with Crippen molar-refractivity contribution >= 4 is 23.2 Å². The number of hydrogen-bond donors (Lipinski definition) is 2. The van der Waals surface area contributed by atoms with Crippen molar-refractivity contribution < 1.29 is 14.7 Å². The van der Waals surface area contributed by atoms with Gasteiger partial charge >= 0.3 is 5.97 Å². The van der Waals surface area contributed by atoms with Crippen LogP contribution in [0.15, 0.2) is 29.9 Å². The zero-order chi connectivity index (χ0) is 18.4. The molecule has 134 valence electrons. The molecule has 2 N–H and O–H groups in total. The van der Waals surface area contributed by atoms with Gasteiger partial charge in [-0.1, -0.05) is 20.8 Å². The van der Waals surface area contributed by atoms with E-state index < -0.39 is 12.0 Å². The fourth-order valence-electron chi connectivity index (χ4n) is 2.25. The van der Waals surface area contributed by atoms with Gasteiger partial charge in [-0.25, -0.2) is 9.78 Å². The number of carboxylic acid groups (broad SMARTS) is 1. The van der Waals surface area contributed by atoms with Crippen molar-refractivity contribution in [2.45, 2.75) is 46.1 Å². The fourth-order valence-corrected chi connectivity index (χ4v) is 3.07. The first kappa shape index (κ1) is 19.1. The smallest absolute Gasteiger partial charge is 0.326 e. The summed E-state index contributed by atoms with van der Waals surface area (Å²) in [5.41, 5.74) is 1.54. The Kier molecular flexibility index (Phi) is 6.25. The first-order valence-electron chi connectivity index (χ1n) is 8.11. The van der Waals surface area contributed by atoms with Gasteiger partial charge in [-0.2, -0.15) is 0 Å². The van der Waals surface area contributed by atoms with Gasteiger partial charge in [0.25, 0.3) is 0 Å². The van der Waals surface area contributed by atoms with Gasteiger partial charge < -0.3 is 10.4 Å². The lowest BCUT2D eigenvalue weighted by Gasteiger charge is -2.21. The van der Waals surface area contributed by atoms with Crippen LogP contribution in [0.25, 0.3) is 10.6 Å². The van der Waals surface area contributed by atoms with Crippen LogP contribution in [0.2, 0.25) is 0 Å². The van der Waals surface area contributed by atoms with Crippen LogP contribution in [-0.2, 0) is 16.0 Å². The Labute approximate surface area is 151 Å². The van der Waals surface area contributed by atoms with Crippen LogP contribution in [0.4, 0.5) is 0 Å². The number of hydrogen-bond acceptors (Lipinski definition) is 5. The zero-order valence-electron chi connectivity index (χ0n) is 14.7. The second-order valence-electron chi connectivity index (χ2n) is 7.12. The SMILES string of the molecule is CC(C)(C)CCC(NC(=O)Cc1csc(-c2cccnc2)n1)C(=O)O. The topological polar surface area (TPSA) is 92.2 Å². The lowest BCUT2D eigenvalue weighted by Crippen LogP contribution is -2.42. The number of aliphatic carboxylic acids is 1. The number of pyridine rings is 1. The molecular formula is C18H23N3O3S. The summed E-state index contributed by atoms with van der Waals surface area (Å²) in [5.74, 6) is -1.34. The highest BCUT2D eigenvalue weighted by molar-refractivity contribution is 7.13. The van der Waals surface area contributed by atoms with Crippen molar-refractivity contribution in [3.8, 4) is 10.6 Å². The standard InChI is InChI=1S/C18H23N3O3S/c1-18(2,3)7-6-14(17(23)24)21-15(22)9-13-11-25-16(20-13)12-5-4-8-19-10-12/h4-5,8,10-11,14H,6-7,9H2,1-3H3,(H,21,22)(H,23,24). The van der Waals surface area contributed by atoms with E-state index in [1.165, 1.54) is 11.3 Å². The van der Waals surface area contributed by atoms with Crippen molar-refractivity contribution in [1.29, 1.82) is 0 Å². The van der Waals surface area contributed by atoms with E-state index in [9.17, 15) is 14.7 Å². The highest BCUT2D eigenvalue weighted by Gasteiger charge is 2.23. The van der Waals surface area contributed by atoms with Crippen LogP contribution in [0.1, 0.15) is 39.3 Å². The number of carboxylic acids is 1. The molecule has 0 saturated heterocycles. The quantitative estimate of drug-likeness (QED) is 0.790. The Morgan fingerprint density at radius 2 is 2.12 bits per heavy atom. The summed E-state index contributed by atoms with van der Waals surface area (Å²) in [6.45, 7) is 6.13. The van der Waals surface area contributed by atoms with Crippen LogP contribution in [0.3, 0.4) is 0 Å². The summed E-state index contributed by atoms with van der Waals surface area (Å²) in [4.78, 5) is 32.0. The first-order valence-corrected chi connectivity index (χ1v) is 8.99. The van der Waals surface area contributed by atoms with Crippen LogP contribution in [0, 0.1) is 5.41 Å². The van der Waals surface area contributed by atoms with Gasteiger partial charge in [0, 0.05) is 23.3 Å². The third-order valence-corrected chi connectivity index (χ3v) is 4.56. The molecule has 0 spiro atoms. The van der Waals surface area contributed by atoms with E-state index in [-0.39, 0.29) is 17.7 Å². The van der Waals surface area contributed by atoms with Crippen molar-refractivity contribution in [2.24, 2.45) is 5.41 Å². The van der Waals surface area contributed by atoms with Crippen molar-refractivity contribution in [3.63, 3.8) is 0 Å².